The van der Waals surface area contributed by atoms with Gasteiger partial charge in [0.25, 0.3) is 0 Å². The van der Waals surface area contributed by atoms with E-state index in [1.807, 2.05) is 41.1 Å². The minimum Gasteiger partial charge on any atom is -0.450 e. The van der Waals surface area contributed by atoms with Crippen LogP contribution in [0, 0.1) is 0 Å². The fourth-order valence-electron chi connectivity index (χ4n) is 1.74. The first kappa shape index (κ1) is 11.3. The van der Waals surface area contributed by atoms with Gasteiger partial charge in [-0.3, -0.25) is 0 Å². The summed E-state index contributed by atoms with van der Waals surface area (Å²) in [5, 5.41) is 8.48. The van der Waals surface area contributed by atoms with E-state index in [2.05, 4.69) is 11.3 Å². The predicted octanol–water partition coefficient (Wildman–Crippen LogP) is 2.90. The van der Waals surface area contributed by atoms with Crippen molar-refractivity contribution in [2.75, 3.05) is 6.61 Å². The molecule has 17 heavy (non-hydrogen) atoms. The molecule has 0 amide bonds. The van der Waals surface area contributed by atoms with E-state index in [0.29, 0.717) is 0 Å². The summed E-state index contributed by atoms with van der Waals surface area (Å²) in [4.78, 5) is 10.4. The van der Waals surface area contributed by atoms with E-state index in [9.17, 15) is 4.79 Å². The van der Waals surface area contributed by atoms with Gasteiger partial charge in [0.05, 0.1) is 0 Å². The second-order valence-corrected chi connectivity index (χ2v) is 3.73. The van der Waals surface area contributed by atoms with Crippen molar-refractivity contribution < 1.29 is 14.6 Å². The molecule has 4 heteroatoms. The topological polar surface area (TPSA) is 50.9 Å². The van der Waals surface area contributed by atoms with Crippen LogP contribution in [-0.2, 0) is 4.74 Å². The fourth-order valence-corrected chi connectivity index (χ4v) is 1.74. The predicted molar refractivity (Wildman–Crippen MR) is 64.3 cm³/mol. The molecule has 0 aliphatic carbocycles. The second-order valence-electron chi connectivity index (χ2n) is 3.73. The Morgan fingerprint density at radius 1 is 1.59 bits per heavy atom. The minimum absolute atomic E-state index is 0.0930. The number of pyridine rings is 1. The number of hydrogen-bond acceptors (Lipinski definition) is 2. The minimum atomic E-state index is -1.26. The first-order valence-corrected chi connectivity index (χ1v) is 5.25. The molecule has 2 aromatic rings. The summed E-state index contributed by atoms with van der Waals surface area (Å²) >= 11 is 0. The Labute approximate surface area is 98.8 Å². The highest BCUT2D eigenvalue weighted by molar-refractivity contribution is 5.57. The molecule has 0 saturated heterocycles. The molecule has 2 rings (SSSR count). The van der Waals surface area contributed by atoms with E-state index in [-0.39, 0.29) is 12.5 Å². The van der Waals surface area contributed by atoms with E-state index < -0.39 is 6.16 Å². The Bertz CT molecular complexity index is 511. The van der Waals surface area contributed by atoms with Crippen molar-refractivity contribution in [1.29, 1.82) is 0 Å². The molecule has 2 aromatic heterocycles. The molecule has 0 aromatic carbocycles. The van der Waals surface area contributed by atoms with Gasteiger partial charge in [-0.15, -0.1) is 6.58 Å². The van der Waals surface area contributed by atoms with Crippen LogP contribution in [0.1, 0.15) is 11.5 Å². The maximum atomic E-state index is 10.4. The van der Waals surface area contributed by atoms with Crippen LogP contribution >= 0.6 is 0 Å². The Kier molecular flexibility index (Phi) is 3.14. The molecule has 0 fully saturated rings. The summed E-state index contributed by atoms with van der Waals surface area (Å²) in [6.45, 7) is 3.80. The SMILES string of the molecule is C=CC(COC(=O)O)c1cc2ccccn2c1. The van der Waals surface area contributed by atoms with Gasteiger partial charge >= 0.3 is 6.16 Å². The average molecular weight is 231 g/mol. The summed E-state index contributed by atoms with van der Waals surface area (Å²) < 4.78 is 6.56. The number of hydrogen-bond donors (Lipinski definition) is 1. The van der Waals surface area contributed by atoms with Crippen LogP contribution in [0.5, 0.6) is 0 Å². The molecular formula is C13H13NO3. The largest absolute Gasteiger partial charge is 0.505 e. The molecule has 4 nitrogen and oxygen atoms in total. The first-order valence-electron chi connectivity index (χ1n) is 5.25. The summed E-state index contributed by atoms with van der Waals surface area (Å²) in [7, 11) is 0. The van der Waals surface area contributed by atoms with Crippen LogP contribution in [0.25, 0.3) is 5.52 Å². The first-order chi connectivity index (χ1) is 8.20. The van der Waals surface area contributed by atoms with Gasteiger partial charge in [-0.1, -0.05) is 12.1 Å². The van der Waals surface area contributed by atoms with Crippen LogP contribution in [-0.4, -0.2) is 22.3 Å². The third-order valence-corrected chi connectivity index (χ3v) is 2.62. The molecule has 0 aliphatic heterocycles. The molecule has 88 valence electrons. The standard InChI is InChI=1S/C13H13NO3/c1-2-10(9-17-13(15)16)11-7-12-5-3-4-6-14(12)8-11/h2-8,10H,1,9H2,(H,15,16). The lowest BCUT2D eigenvalue weighted by Gasteiger charge is -2.08. The number of fused-ring (bicyclic) bond motifs is 1. The lowest BCUT2D eigenvalue weighted by molar-refractivity contribution is 0.0894. The molecule has 0 radical (unpaired) electrons. The van der Waals surface area contributed by atoms with Gasteiger partial charge in [-0.2, -0.15) is 0 Å². The molecule has 0 spiro atoms. The van der Waals surface area contributed by atoms with E-state index in [0.717, 1.165) is 11.1 Å². The Balaban J connectivity index is 2.24. The number of nitrogens with zero attached hydrogens (tertiary/aromatic N) is 1. The fraction of sp³-hybridized carbons (Fsp3) is 0.154. The molecule has 2 heterocycles. The van der Waals surface area contributed by atoms with Crippen molar-refractivity contribution >= 4 is 11.7 Å². The number of aromatic nitrogens is 1. The summed E-state index contributed by atoms with van der Waals surface area (Å²) in [6, 6.07) is 7.88. The van der Waals surface area contributed by atoms with Crippen molar-refractivity contribution in [2.45, 2.75) is 5.92 Å². The van der Waals surface area contributed by atoms with E-state index >= 15 is 0 Å². The second kappa shape index (κ2) is 4.74. The van der Waals surface area contributed by atoms with Gasteiger partial charge in [0, 0.05) is 23.8 Å². The zero-order chi connectivity index (χ0) is 12.3. The summed E-state index contributed by atoms with van der Waals surface area (Å²) in [5.74, 6) is -0.119. The maximum Gasteiger partial charge on any atom is 0.505 e. The van der Waals surface area contributed by atoms with Crippen molar-refractivity contribution in [2.24, 2.45) is 0 Å². The monoisotopic (exact) mass is 231 g/mol. The summed E-state index contributed by atoms with van der Waals surface area (Å²) in [5.41, 5.74) is 2.05. The van der Waals surface area contributed by atoms with Crippen LogP contribution in [0.2, 0.25) is 0 Å². The van der Waals surface area contributed by atoms with Crippen LogP contribution in [0.4, 0.5) is 4.79 Å². The maximum absolute atomic E-state index is 10.4. The molecule has 1 atom stereocenters. The zero-order valence-corrected chi connectivity index (χ0v) is 9.24. The van der Waals surface area contributed by atoms with Gasteiger partial charge < -0.3 is 14.2 Å². The van der Waals surface area contributed by atoms with Crippen molar-refractivity contribution in [3.05, 3.63) is 54.9 Å². The number of ether oxygens (including phenoxy) is 1. The van der Waals surface area contributed by atoms with E-state index in [4.69, 9.17) is 5.11 Å². The Morgan fingerprint density at radius 3 is 3.06 bits per heavy atom. The number of rotatable bonds is 4. The molecule has 0 saturated carbocycles. The smallest absolute Gasteiger partial charge is 0.450 e. The lowest BCUT2D eigenvalue weighted by Crippen LogP contribution is -2.08. The third kappa shape index (κ3) is 2.47. The Morgan fingerprint density at radius 2 is 2.41 bits per heavy atom. The van der Waals surface area contributed by atoms with E-state index in [1.54, 1.807) is 6.08 Å². The van der Waals surface area contributed by atoms with Crippen molar-refractivity contribution in [3.8, 4) is 0 Å². The molecule has 0 aliphatic rings. The highest BCUT2D eigenvalue weighted by Gasteiger charge is 2.12. The van der Waals surface area contributed by atoms with Crippen molar-refractivity contribution in [1.82, 2.24) is 4.40 Å². The van der Waals surface area contributed by atoms with Gasteiger partial charge in [0.15, 0.2) is 0 Å². The van der Waals surface area contributed by atoms with Gasteiger partial charge in [-0.05, 0) is 23.8 Å². The van der Waals surface area contributed by atoms with Crippen molar-refractivity contribution in [3.63, 3.8) is 0 Å². The molecule has 1 N–H and O–H groups in total. The quantitative estimate of drug-likeness (QED) is 0.650. The number of carbonyl (C=O) groups is 1. The van der Waals surface area contributed by atoms with E-state index in [1.165, 1.54) is 0 Å². The highest BCUT2D eigenvalue weighted by atomic mass is 16.7. The third-order valence-electron chi connectivity index (χ3n) is 2.62. The average Bonchev–Trinajstić information content (AvgIpc) is 2.72. The molecule has 0 bridgehead atoms. The highest BCUT2D eigenvalue weighted by Crippen LogP contribution is 2.20. The summed E-state index contributed by atoms with van der Waals surface area (Å²) in [6.07, 6.45) is 4.32. The lowest BCUT2D eigenvalue weighted by atomic mass is 10.0. The van der Waals surface area contributed by atoms with Crippen LogP contribution in [0.3, 0.4) is 0 Å². The zero-order valence-electron chi connectivity index (χ0n) is 9.24. The van der Waals surface area contributed by atoms with Gasteiger partial charge in [0.1, 0.15) is 6.61 Å². The van der Waals surface area contributed by atoms with Gasteiger partial charge in [0.2, 0.25) is 0 Å². The van der Waals surface area contributed by atoms with Gasteiger partial charge in [-0.25, -0.2) is 4.79 Å². The normalized spacial score (nSPS) is 12.2. The van der Waals surface area contributed by atoms with Crippen LogP contribution in [0.15, 0.2) is 49.3 Å². The number of carboxylic acid groups (broad SMARTS) is 1. The van der Waals surface area contributed by atoms with Crippen LogP contribution < -0.4 is 0 Å². The Hall–Kier alpha value is -2.23. The molecule has 1 unspecified atom stereocenters. The molecular weight excluding hydrogens is 218 g/mol.